The molecule has 0 saturated heterocycles. The number of carbonyl (C=O) groups excluding carboxylic acids is 1. The third-order valence-electron chi connectivity index (χ3n) is 6.79. The number of allylic oxidation sites excluding steroid dienone is 2. The summed E-state index contributed by atoms with van der Waals surface area (Å²) < 4.78 is 133. The Balaban J connectivity index is 2.34. The van der Waals surface area contributed by atoms with Crippen molar-refractivity contribution in [2.75, 3.05) is 44.8 Å². The zero-order chi connectivity index (χ0) is 38.5. The van der Waals surface area contributed by atoms with Crippen LogP contribution in [0.15, 0.2) is 65.8 Å². The normalized spacial score (nSPS) is 11.7. The quantitative estimate of drug-likeness (QED) is 0.0956. The molecule has 1 amide bonds. The first-order chi connectivity index (χ1) is 23.6. The van der Waals surface area contributed by atoms with Gasteiger partial charge in [-0.25, -0.2) is 4.39 Å². The number of hydrogen-bond acceptors (Lipinski definition) is 10. The zero-order valence-corrected chi connectivity index (χ0v) is 30.6. The maximum Gasteiger partial charge on any atom is 0.471 e. The third kappa shape index (κ3) is 10.9. The van der Waals surface area contributed by atoms with E-state index in [0.29, 0.717) is 10.5 Å². The summed E-state index contributed by atoms with van der Waals surface area (Å²) in [5.41, 5.74) is 0.717. The van der Waals surface area contributed by atoms with Gasteiger partial charge in [0.15, 0.2) is 23.0 Å². The van der Waals surface area contributed by atoms with Gasteiger partial charge in [0.2, 0.25) is 0 Å². The summed E-state index contributed by atoms with van der Waals surface area (Å²) in [4.78, 5) is 12.6. The average Bonchev–Trinajstić information content (AvgIpc) is 2.99. The molecule has 0 aliphatic rings. The first kappa shape index (κ1) is 40.7. The second kappa shape index (κ2) is 16.1. The van der Waals surface area contributed by atoms with Gasteiger partial charge in [0.1, 0.15) is 18.2 Å². The predicted molar refractivity (Wildman–Crippen MR) is 184 cm³/mol. The Kier molecular flexibility index (Phi) is 12.8. The topological polar surface area (TPSA) is 135 Å². The van der Waals surface area contributed by atoms with Crippen LogP contribution in [0, 0.1) is 5.82 Å². The number of ether oxygens (including phenoxy) is 3. The van der Waals surface area contributed by atoms with Crippen LogP contribution in [0.2, 0.25) is 0 Å². The second-order valence-electron chi connectivity index (χ2n) is 11.6. The van der Waals surface area contributed by atoms with Crippen LogP contribution in [0.3, 0.4) is 0 Å². The lowest BCUT2D eigenvalue weighted by atomic mass is 9.95. The Morgan fingerprint density at radius 1 is 0.765 bits per heavy atom. The van der Waals surface area contributed by atoms with Gasteiger partial charge in [-0.15, -0.1) is 0 Å². The Bertz CT molecular complexity index is 2070. The number of hydrogen-bond donors (Lipinski definition) is 0. The lowest BCUT2D eigenvalue weighted by Crippen LogP contribution is -2.41. The average molecular weight is 760 g/mol. The summed E-state index contributed by atoms with van der Waals surface area (Å²) >= 11 is 0. The third-order valence-corrected chi connectivity index (χ3v) is 7.74. The van der Waals surface area contributed by atoms with Crippen LogP contribution in [0.1, 0.15) is 27.7 Å². The molecule has 3 aromatic rings. The fourth-order valence-corrected chi connectivity index (χ4v) is 5.53. The number of amides is 1. The van der Waals surface area contributed by atoms with Crippen LogP contribution in [-0.4, -0.2) is 68.8 Å². The number of methoxy groups -OCH3 is 2. The largest absolute Gasteiger partial charge is 0.496 e. The zero-order valence-electron chi connectivity index (χ0n) is 29.0. The predicted octanol–water partition coefficient (Wildman–Crippen LogP) is 7.06. The van der Waals surface area contributed by atoms with E-state index in [1.54, 1.807) is 19.9 Å². The Morgan fingerprint density at radius 3 is 1.90 bits per heavy atom. The fraction of sp³-hybridized carbons (Fsp3) is 0.324. The number of carbonyl (C=O) groups is 1. The number of alkyl halides is 3. The summed E-state index contributed by atoms with van der Waals surface area (Å²) in [7, 11) is -6.08. The molecule has 0 unspecified atom stereocenters. The minimum absolute atomic E-state index is 0.0274. The molecule has 0 radical (unpaired) electrons. The molecule has 3 rings (SSSR count). The van der Waals surface area contributed by atoms with E-state index in [9.17, 15) is 34.8 Å². The van der Waals surface area contributed by atoms with Gasteiger partial charge in [-0.1, -0.05) is 23.3 Å². The first-order valence-corrected chi connectivity index (χ1v) is 18.5. The van der Waals surface area contributed by atoms with Crippen LogP contribution in [0.25, 0.3) is 22.3 Å². The highest BCUT2D eigenvalue weighted by Gasteiger charge is 2.43. The van der Waals surface area contributed by atoms with Crippen LogP contribution < -0.4 is 27.5 Å². The molecule has 17 heteroatoms. The highest BCUT2D eigenvalue weighted by Crippen LogP contribution is 2.52. The maximum atomic E-state index is 15.9. The van der Waals surface area contributed by atoms with Crippen molar-refractivity contribution in [2.45, 2.75) is 33.9 Å². The number of benzene rings is 3. The number of halogens is 4. The summed E-state index contributed by atoms with van der Waals surface area (Å²) in [5, 5.41) is 0. The number of anilines is 1. The van der Waals surface area contributed by atoms with Crippen molar-refractivity contribution in [3.8, 4) is 51.0 Å². The molecule has 0 aromatic heterocycles. The molecule has 0 atom stereocenters. The van der Waals surface area contributed by atoms with Crippen LogP contribution in [0.5, 0.6) is 28.7 Å². The first-order valence-electron chi connectivity index (χ1n) is 14.9. The van der Waals surface area contributed by atoms with E-state index in [2.05, 4.69) is 0 Å². The molecule has 0 saturated carbocycles. The second-order valence-corrected chi connectivity index (χ2v) is 14.7. The molecule has 0 heterocycles. The lowest BCUT2D eigenvalue weighted by Gasteiger charge is -2.24. The van der Waals surface area contributed by atoms with Gasteiger partial charge in [0.05, 0.1) is 32.3 Å². The van der Waals surface area contributed by atoms with E-state index < -0.39 is 56.1 Å². The Hall–Kier alpha value is -4.77. The molecule has 0 bridgehead atoms. The highest BCUT2D eigenvalue weighted by molar-refractivity contribution is 7.86. The van der Waals surface area contributed by atoms with Crippen molar-refractivity contribution in [2.24, 2.45) is 0 Å². The fourth-order valence-electron chi connectivity index (χ4n) is 4.62. The number of rotatable bonds is 14. The van der Waals surface area contributed by atoms with E-state index in [-0.39, 0.29) is 51.9 Å². The van der Waals surface area contributed by atoms with E-state index >= 15 is 4.39 Å². The molecule has 0 spiro atoms. The molecule has 278 valence electrons. The van der Waals surface area contributed by atoms with Crippen molar-refractivity contribution in [1.29, 1.82) is 0 Å². The smallest absolute Gasteiger partial charge is 0.471 e. The van der Waals surface area contributed by atoms with Crippen LogP contribution in [-0.2, 0) is 25.0 Å². The van der Waals surface area contributed by atoms with Gasteiger partial charge in [-0.05, 0) is 75.7 Å². The molecule has 11 nitrogen and oxygen atoms in total. The molecular weight excluding hydrogens is 722 g/mol. The van der Waals surface area contributed by atoms with E-state index in [1.165, 1.54) is 37.5 Å². The van der Waals surface area contributed by atoms with Crippen molar-refractivity contribution in [3.63, 3.8) is 0 Å². The summed E-state index contributed by atoms with van der Waals surface area (Å²) in [6, 6.07) is 8.20. The molecular formula is C34H37F4NO10S2. The van der Waals surface area contributed by atoms with Crippen molar-refractivity contribution < 1.29 is 61.8 Å². The molecule has 0 aliphatic heterocycles. The summed E-state index contributed by atoms with van der Waals surface area (Å²) in [5.74, 6) is -4.52. The van der Waals surface area contributed by atoms with E-state index in [0.717, 1.165) is 43.4 Å². The Labute approximate surface area is 294 Å². The molecule has 0 fully saturated rings. The summed E-state index contributed by atoms with van der Waals surface area (Å²) in [6.07, 6.45) is -0.594. The SMILES string of the molecule is COc1cc(-c2ccc(N(CC=C(C)C)C(=O)C(F)(F)F)cc2F)c(OC)c(OS(C)(=O)=O)c1-c1ccc(OCC=C(C)C)c(OS(C)(=O)=O)c1. The monoisotopic (exact) mass is 759 g/mol. The summed E-state index contributed by atoms with van der Waals surface area (Å²) in [6.45, 7) is 6.48. The van der Waals surface area contributed by atoms with Gasteiger partial charge in [0, 0.05) is 23.4 Å². The van der Waals surface area contributed by atoms with Gasteiger partial charge in [-0.2, -0.15) is 30.0 Å². The van der Waals surface area contributed by atoms with Gasteiger partial charge in [0.25, 0.3) is 0 Å². The van der Waals surface area contributed by atoms with Crippen molar-refractivity contribution in [3.05, 3.63) is 71.6 Å². The minimum Gasteiger partial charge on any atom is -0.496 e. The standard InChI is InChI=1S/C34H37F4NO10S2/c1-20(2)13-15-39(33(40)34(36,37)38)23-10-11-24(26(35)18-23)25-19-29(45-5)30(32(31(25)46-6)49-51(8,43)44)22-9-12-27(47-16-14-21(3)4)28(17-22)48-50(7,41)42/h9-14,17-19H,15-16H2,1-8H3. The van der Waals surface area contributed by atoms with Crippen molar-refractivity contribution >= 4 is 31.8 Å². The van der Waals surface area contributed by atoms with Gasteiger partial charge >= 0.3 is 32.3 Å². The highest BCUT2D eigenvalue weighted by atomic mass is 32.2. The van der Waals surface area contributed by atoms with E-state index in [1.807, 2.05) is 13.8 Å². The van der Waals surface area contributed by atoms with Crippen LogP contribution in [0.4, 0.5) is 23.2 Å². The van der Waals surface area contributed by atoms with Crippen LogP contribution >= 0.6 is 0 Å². The van der Waals surface area contributed by atoms with Crippen molar-refractivity contribution in [1.82, 2.24) is 0 Å². The maximum absolute atomic E-state index is 15.9. The Morgan fingerprint density at radius 2 is 1.39 bits per heavy atom. The molecule has 0 N–H and O–H groups in total. The number of nitrogens with zero attached hydrogens (tertiary/aromatic N) is 1. The molecule has 3 aromatic carbocycles. The van der Waals surface area contributed by atoms with Gasteiger partial charge in [-0.3, -0.25) is 4.79 Å². The minimum atomic E-state index is -5.25. The molecule has 51 heavy (non-hydrogen) atoms. The lowest BCUT2D eigenvalue weighted by molar-refractivity contribution is -0.170. The van der Waals surface area contributed by atoms with Gasteiger partial charge < -0.3 is 27.5 Å². The van der Waals surface area contributed by atoms with E-state index in [4.69, 9.17) is 22.6 Å². The molecule has 0 aliphatic carbocycles.